The molecule has 5 heteroatoms. The maximum absolute atomic E-state index is 10.8. The van der Waals surface area contributed by atoms with Gasteiger partial charge in [0, 0.05) is 0 Å². The van der Waals surface area contributed by atoms with Crippen LogP contribution < -0.4 is 9.47 Å². The van der Waals surface area contributed by atoms with Gasteiger partial charge in [-0.15, -0.1) is 23.2 Å². The Labute approximate surface area is 104 Å². The summed E-state index contributed by atoms with van der Waals surface area (Å²) in [6.45, 7) is 0.770. The van der Waals surface area contributed by atoms with Crippen LogP contribution >= 0.6 is 23.2 Å². The zero-order valence-electron chi connectivity index (χ0n) is 8.62. The van der Waals surface area contributed by atoms with Gasteiger partial charge in [-0.25, -0.2) is 0 Å². The molecule has 0 N–H and O–H groups in total. The molecular weight excluding hydrogens is 251 g/mol. The first kappa shape index (κ1) is 13.1. The molecule has 0 aliphatic heterocycles. The fourth-order valence-electron chi connectivity index (χ4n) is 1.14. The highest BCUT2D eigenvalue weighted by molar-refractivity contribution is 6.18. The number of carbonyl (C=O) groups is 1. The van der Waals surface area contributed by atoms with Gasteiger partial charge >= 0.3 is 0 Å². The lowest BCUT2D eigenvalue weighted by molar-refractivity contribution is 0.111. The van der Waals surface area contributed by atoms with Gasteiger partial charge in [-0.2, -0.15) is 0 Å². The van der Waals surface area contributed by atoms with E-state index < -0.39 is 0 Å². The number of hydrogen-bond acceptors (Lipinski definition) is 3. The second-order valence-electron chi connectivity index (χ2n) is 2.89. The molecule has 0 saturated carbocycles. The first-order valence-electron chi connectivity index (χ1n) is 4.78. The number of carbonyl (C=O) groups excluding carboxylic acids is 1. The van der Waals surface area contributed by atoms with Crippen molar-refractivity contribution in [2.24, 2.45) is 0 Å². The first-order chi connectivity index (χ1) is 7.81. The third-order valence-electron chi connectivity index (χ3n) is 1.79. The van der Waals surface area contributed by atoms with Crippen molar-refractivity contribution in [3.63, 3.8) is 0 Å². The summed E-state index contributed by atoms with van der Waals surface area (Å²) in [4.78, 5) is 10.8. The Morgan fingerprint density at radius 2 is 1.81 bits per heavy atom. The van der Waals surface area contributed by atoms with Gasteiger partial charge in [0.1, 0.15) is 24.7 Å². The minimum absolute atomic E-state index is 0.365. The molecule has 0 aromatic heterocycles. The van der Waals surface area contributed by atoms with E-state index in [-0.39, 0.29) is 0 Å². The normalized spacial score (nSPS) is 9.88. The predicted octanol–water partition coefficient (Wildman–Crippen LogP) is 2.73. The van der Waals surface area contributed by atoms with Crippen molar-refractivity contribution in [2.75, 3.05) is 25.0 Å². The van der Waals surface area contributed by atoms with E-state index in [9.17, 15) is 4.79 Å². The highest BCUT2D eigenvalue weighted by Gasteiger charge is 2.05. The molecule has 0 atom stereocenters. The van der Waals surface area contributed by atoms with Crippen molar-refractivity contribution in [1.29, 1.82) is 0 Å². The van der Waals surface area contributed by atoms with E-state index in [1.807, 2.05) is 0 Å². The third-order valence-corrected chi connectivity index (χ3v) is 2.10. The van der Waals surface area contributed by atoms with Gasteiger partial charge in [0.15, 0.2) is 6.29 Å². The van der Waals surface area contributed by atoms with Crippen molar-refractivity contribution in [3.8, 4) is 11.5 Å². The Balaban J connectivity index is 2.75. The molecule has 0 bridgehead atoms. The Morgan fingerprint density at radius 3 is 2.44 bits per heavy atom. The molecule has 0 aliphatic carbocycles. The summed E-state index contributed by atoms with van der Waals surface area (Å²) in [6, 6.07) is 5.02. The highest BCUT2D eigenvalue weighted by Crippen LogP contribution is 2.22. The zero-order chi connectivity index (χ0) is 11.8. The molecular formula is C11H12Cl2O3. The van der Waals surface area contributed by atoms with Crippen molar-refractivity contribution >= 4 is 29.5 Å². The molecule has 0 unspecified atom stereocenters. The summed E-state index contributed by atoms with van der Waals surface area (Å²) in [6.07, 6.45) is 0.719. The zero-order valence-corrected chi connectivity index (χ0v) is 10.1. The van der Waals surface area contributed by atoms with Crippen LogP contribution in [0.4, 0.5) is 0 Å². The molecule has 1 aromatic carbocycles. The van der Waals surface area contributed by atoms with Gasteiger partial charge in [-0.1, -0.05) is 0 Å². The second kappa shape index (κ2) is 7.36. The lowest BCUT2D eigenvalue weighted by Gasteiger charge is -2.09. The topological polar surface area (TPSA) is 35.5 Å². The minimum atomic E-state index is 0.365. The monoisotopic (exact) mass is 262 g/mol. The Kier molecular flexibility index (Phi) is 6.04. The predicted molar refractivity (Wildman–Crippen MR) is 64.3 cm³/mol. The summed E-state index contributed by atoms with van der Waals surface area (Å²) in [7, 11) is 0. The fourth-order valence-corrected chi connectivity index (χ4v) is 1.30. The number of ether oxygens (including phenoxy) is 2. The average molecular weight is 263 g/mol. The number of aldehydes is 1. The van der Waals surface area contributed by atoms with Crippen LogP contribution in [0.1, 0.15) is 10.4 Å². The molecule has 1 aromatic rings. The summed E-state index contributed by atoms with van der Waals surface area (Å²) in [5.41, 5.74) is 0.442. The molecule has 0 aliphatic rings. The number of benzene rings is 1. The summed E-state index contributed by atoms with van der Waals surface area (Å²) >= 11 is 11.0. The van der Waals surface area contributed by atoms with E-state index in [4.69, 9.17) is 32.7 Å². The van der Waals surface area contributed by atoms with Crippen LogP contribution in [-0.4, -0.2) is 31.3 Å². The summed E-state index contributed by atoms with van der Waals surface area (Å²) < 4.78 is 10.6. The van der Waals surface area contributed by atoms with E-state index in [0.29, 0.717) is 42.0 Å². The first-order valence-corrected chi connectivity index (χ1v) is 5.85. The molecule has 0 saturated heterocycles. The van der Waals surface area contributed by atoms with E-state index in [1.165, 1.54) is 0 Å². The van der Waals surface area contributed by atoms with Crippen molar-refractivity contribution < 1.29 is 14.3 Å². The molecule has 0 heterocycles. The van der Waals surface area contributed by atoms with Gasteiger partial charge in [0.2, 0.25) is 0 Å². The Morgan fingerprint density at radius 1 is 1.12 bits per heavy atom. The largest absolute Gasteiger partial charge is 0.492 e. The van der Waals surface area contributed by atoms with E-state index >= 15 is 0 Å². The summed E-state index contributed by atoms with van der Waals surface area (Å²) in [5.74, 6) is 1.89. The average Bonchev–Trinajstić information content (AvgIpc) is 2.34. The lowest BCUT2D eigenvalue weighted by atomic mass is 10.2. The molecule has 0 radical (unpaired) electrons. The highest BCUT2D eigenvalue weighted by atomic mass is 35.5. The quantitative estimate of drug-likeness (QED) is 0.560. The molecule has 1 rings (SSSR count). The molecule has 16 heavy (non-hydrogen) atoms. The van der Waals surface area contributed by atoms with Gasteiger partial charge in [0.05, 0.1) is 17.3 Å². The maximum atomic E-state index is 10.8. The van der Waals surface area contributed by atoms with Gasteiger partial charge < -0.3 is 9.47 Å². The van der Waals surface area contributed by atoms with Crippen LogP contribution in [0.25, 0.3) is 0 Å². The molecule has 0 fully saturated rings. The number of rotatable bonds is 7. The van der Waals surface area contributed by atoms with Crippen LogP contribution in [0.15, 0.2) is 18.2 Å². The fraction of sp³-hybridized carbons (Fsp3) is 0.364. The standard InChI is InChI=1S/C11H12Cl2O3/c12-3-5-15-10-1-2-11(16-6-4-13)9(7-10)8-14/h1-2,7-8H,3-6H2. The van der Waals surface area contributed by atoms with E-state index in [1.54, 1.807) is 18.2 Å². The van der Waals surface area contributed by atoms with Crippen molar-refractivity contribution in [2.45, 2.75) is 0 Å². The number of halogens is 2. The SMILES string of the molecule is O=Cc1cc(OCCCl)ccc1OCCCl. The Bertz CT molecular complexity index is 342. The van der Waals surface area contributed by atoms with Crippen molar-refractivity contribution in [3.05, 3.63) is 23.8 Å². The lowest BCUT2D eigenvalue weighted by Crippen LogP contribution is -2.02. The van der Waals surface area contributed by atoms with Crippen LogP contribution in [0.2, 0.25) is 0 Å². The maximum Gasteiger partial charge on any atom is 0.153 e. The van der Waals surface area contributed by atoms with Crippen LogP contribution in [0, 0.1) is 0 Å². The molecule has 0 amide bonds. The van der Waals surface area contributed by atoms with Gasteiger partial charge in [0.25, 0.3) is 0 Å². The number of hydrogen-bond donors (Lipinski definition) is 0. The smallest absolute Gasteiger partial charge is 0.153 e. The molecule has 0 spiro atoms. The van der Waals surface area contributed by atoms with Crippen LogP contribution in [-0.2, 0) is 0 Å². The van der Waals surface area contributed by atoms with E-state index in [2.05, 4.69) is 0 Å². The minimum Gasteiger partial charge on any atom is -0.492 e. The second-order valence-corrected chi connectivity index (χ2v) is 3.65. The third kappa shape index (κ3) is 3.91. The van der Waals surface area contributed by atoms with Crippen LogP contribution in [0.3, 0.4) is 0 Å². The van der Waals surface area contributed by atoms with Crippen LogP contribution in [0.5, 0.6) is 11.5 Å². The van der Waals surface area contributed by atoms with Crippen molar-refractivity contribution in [1.82, 2.24) is 0 Å². The summed E-state index contributed by atoms with van der Waals surface area (Å²) in [5, 5.41) is 0. The van der Waals surface area contributed by atoms with E-state index in [0.717, 1.165) is 6.29 Å². The molecule has 3 nitrogen and oxygen atoms in total. The van der Waals surface area contributed by atoms with Gasteiger partial charge in [-0.3, -0.25) is 4.79 Å². The van der Waals surface area contributed by atoms with Gasteiger partial charge in [-0.05, 0) is 18.2 Å². The molecule has 88 valence electrons. The number of alkyl halides is 2. The Hall–Kier alpha value is -0.930.